The zero-order chi connectivity index (χ0) is 13.9. The fourth-order valence-electron chi connectivity index (χ4n) is 2.22. The van der Waals surface area contributed by atoms with E-state index in [4.69, 9.17) is 4.74 Å². The Morgan fingerprint density at radius 2 is 1.90 bits per heavy atom. The summed E-state index contributed by atoms with van der Waals surface area (Å²) in [5.74, 6) is 1.25. The zero-order valence-electron chi connectivity index (χ0n) is 11.1. The Bertz CT molecular complexity index is 794. The van der Waals surface area contributed by atoms with Crippen LogP contribution in [0.25, 0.3) is 10.9 Å². The van der Waals surface area contributed by atoms with E-state index in [9.17, 15) is 4.79 Å². The Kier molecular flexibility index (Phi) is 3.21. The molecule has 100 valence electrons. The maximum atomic E-state index is 12.1. The molecule has 0 aliphatic carbocycles. The molecule has 0 amide bonds. The van der Waals surface area contributed by atoms with Crippen LogP contribution in [-0.2, 0) is 6.42 Å². The molecule has 0 fully saturated rings. The molecule has 0 unspecified atom stereocenters. The molecule has 0 radical (unpaired) electrons. The number of nitrogens with zero attached hydrogens (tertiary/aromatic N) is 1. The Morgan fingerprint density at radius 3 is 2.65 bits per heavy atom. The van der Waals surface area contributed by atoms with Crippen LogP contribution >= 0.6 is 0 Å². The summed E-state index contributed by atoms with van der Waals surface area (Å²) in [5, 5.41) is 0.543. The molecule has 1 aromatic heterocycles. The number of nitrogens with one attached hydrogen (secondary N) is 1. The first-order valence-corrected chi connectivity index (χ1v) is 6.38. The molecule has 0 bridgehead atoms. The molecule has 3 aromatic rings. The fourth-order valence-corrected chi connectivity index (χ4v) is 2.22. The van der Waals surface area contributed by atoms with Crippen molar-refractivity contribution < 1.29 is 4.74 Å². The molecule has 0 aliphatic heterocycles. The third-order valence-corrected chi connectivity index (χ3v) is 3.18. The molecular formula is C16H14N2O2. The SMILES string of the molecule is COc1cccc2c(=O)[nH]c(Cc3ccccc3)nc12. The van der Waals surface area contributed by atoms with Crippen LogP contribution in [0.5, 0.6) is 5.75 Å². The minimum absolute atomic E-state index is 0.139. The number of ether oxygens (including phenoxy) is 1. The summed E-state index contributed by atoms with van der Waals surface area (Å²) in [6, 6.07) is 15.2. The van der Waals surface area contributed by atoms with Gasteiger partial charge in [-0.15, -0.1) is 0 Å². The molecule has 20 heavy (non-hydrogen) atoms. The summed E-state index contributed by atoms with van der Waals surface area (Å²) in [4.78, 5) is 19.5. The van der Waals surface area contributed by atoms with Crippen LogP contribution in [-0.4, -0.2) is 17.1 Å². The summed E-state index contributed by atoms with van der Waals surface area (Å²) in [6.45, 7) is 0. The van der Waals surface area contributed by atoms with E-state index < -0.39 is 0 Å². The number of benzene rings is 2. The quantitative estimate of drug-likeness (QED) is 0.792. The third kappa shape index (κ3) is 2.28. The highest BCUT2D eigenvalue weighted by atomic mass is 16.5. The molecule has 2 aromatic carbocycles. The number of fused-ring (bicyclic) bond motifs is 1. The predicted octanol–water partition coefficient (Wildman–Crippen LogP) is 2.52. The van der Waals surface area contributed by atoms with Crippen molar-refractivity contribution in [2.45, 2.75) is 6.42 Å². The summed E-state index contributed by atoms with van der Waals surface area (Å²) in [6.07, 6.45) is 0.587. The van der Waals surface area contributed by atoms with Gasteiger partial charge in [0.2, 0.25) is 0 Å². The van der Waals surface area contributed by atoms with Gasteiger partial charge in [0.15, 0.2) is 0 Å². The van der Waals surface area contributed by atoms with E-state index in [1.807, 2.05) is 30.3 Å². The molecule has 0 spiro atoms. The van der Waals surface area contributed by atoms with Gasteiger partial charge in [0.05, 0.1) is 12.5 Å². The van der Waals surface area contributed by atoms with Gasteiger partial charge in [-0.3, -0.25) is 4.79 Å². The van der Waals surface area contributed by atoms with Crippen LogP contribution in [0.4, 0.5) is 0 Å². The number of hydrogen-bond acceptors (Lipinski definition) is 3. The highest BCUT2D eigenvalue weighted by Crippen LogP contribution is 2.21. The summed E-state index contributed by atoms with van der Waals surface area (Å²) in [7, 11) is 1.58. The minimum atomic E-state index is -0.139. The molecule has 4 heteroatoms. The van der Waals surface area contributed by atoms with Crippen LogP contribution < -0.4 is 10.3 Å². The maximum absolute atomic E-state index is 12.1. The summed E-state index contributed by atoms with van der Waals surface area (Å²) >= 11 is 0. The molecule has 0 atom stereocenters. The van der Waals surface area contributed by atoms with Gasteiger partial charge in [0.1, 0.15) is 17.1 Å². The van der Waals surface area contributed by atoms with Crippen LogP contribution in [0, 0.1) is 0 Å². The van der Waals surface area contributed by atoms with Crippen LogP contribution in [0.15, 0.2) is 53.3 Å². The highest BCUT2D eigenvalue weighted by molar-refractivity contribution is 5.83. The van der Waals surface area contributed by atoms with Gasteiger partial charge >= 0.3 is 0 Å². The largest absolute Gasteiger partial charge is 0.494 e. The van der Waals surface area contributed by atoms with Gasteiger partial charge in [-0.2, -0.15) is 0 Å². The molecule has 0 aliphatic rings. The average Bonchev–Trinajstić information content (AvgIpc) is 2.48. The Labute approximate surface area is 116 Å². The van der Waals surface area contributed by atoms with Gasteiger partial charge in [0, 0.05) is 6.42 Å². The summed E-state index contributed by atoms with van der Waals surface area (Å²) < 4.78 is 5.27. The second kappa shape index (κ2) is 5.17. The highest BCUT2D eigenvalue weighted by Gasteiger charge is 2.08. The molecule has 1 N–H and O–H groups in total. The van der Waals surface area contributed by atoms with Crippen molar-refractivity contribution in [2.75, 3.05) is 7.11 Å². The number of hydrogen-bond donors (Lipinski definition) is 1. The second-order valence-corrected chi connectivity index (χ2v) is 4.53. The molecule has 3 rings (SSSR count). The van der Waals surface area contributed by atoms with Crippen molar-refractivity contribution in [3.05, 3.63) is 70.3 Å². The van der Waals surface area contributed by atoms with Crippen molar-refractivity contribution in [3.8, 4) is 5.75 Å². The lowest BCUT2D eigenvalue weighted by Crippen LogP contribution is -2.12. The number of aromatic nitrogens is 2. The number of methoxy groups -OCH3 is 1. The second-order valence-electron chi connectivity index (χ2n) is 4.53. The lowest BCUT2D eigenvalue weighted by molar-refractivity contribution is 0.418. The topological polar surface area (TPSA) is 55.0 Å². The molecule has 0 saturated carbocycles. The molecule has 4 nitrogen and oxygen atoms in total. The lowest BCUT2D eigenvalue weighted by Gasteiger charge is -2.06. The van der Waals surface area contributed by atoms with E-state index in [-0.39, 0.29) is 5.56 Å². The number of para-hydroxylation sites is 1. The minimum Gasteiger partial charge on any atom is -0.494 e. The van der Waals surface area contributed by atoms with E-state index in [2.05, 4.69) is 9.97 Å². The van der Waals surface area contributed by atoms with E-state index in [1.165, 1.54) is 0 Å². The maximum Gasteiger partial charge on any atom is 0.258 e. The monoisotopic (exact) mass is 266 g/mol. The van der Waals surface area contributed by atoms with Crippen molar-refractivity contribution in [3.63, 3.8) is 0 Å². The van der Waals surface area contributed by atoms with Crippen molar-refractivity contribution in [1.29, 1.82) is 0 Å². The van der Waals surface area contributed by atoms with Crippen molar-refractivity contribution in [2.24, 2.45) is 0 Å². The molecule has 1 heterocycles. The first-order chi connectivity index (χ1) is 9.78. The average molecular weight is 266 g/mol. The Hall–Kier alpha value is -2.62. The zero-order valence-corrected chi connectivity index (χ0v) is 11.1. The Balaban J connectivity index is 2.11. The third-order valence-electron chi connectivity index (χ3n) is 3.18. The van der Waals surface area contributed by atoms with Crippen molar-refractivity contribution >= 4 is 10.9 Å². The molecule has 0 saturated heterocycles. The van der Waals surface area contributed by atoms with Gasteiger partial charge in [-0.1, -0.05) is 36.4 Å². The van der Waals surface area contributed by atoms with Crippen LogP contribution in [0.3, 0.4) is 0 Å². The fraction of sp³-hybridized carbons (Fsp3) is 0.125. The predicted molar refractivity (Wildman–Crippen MR) is 78.2 cm³/mol. The first kappa shape index (κ1) is 12.4. The Morgan fingerprint density at radius 1 is 1.10 bits per heavy atom. The normalized spacial score (nSPS) is 10.7. The van der Waals surface area contributed by atoms with E-state index >= 15 is 0 Å². The number of rotatable bonds is 3. The summed E-state index contributed by atoms with van der Waals surface area (Å²) in [5.41, 5.74) is 1.56. The lowest BCUT2D eigenvalue weighted by atomic mass is 10.1. The smallest absolute Gasteiger partial charge is 0.258 e. The van der Waals surface area contributed by atoms with Gasteiger partial charge in [-0.25, -0.2) is 4.98 Å². The van der Waals surface area contributed by atoms with E-state index in [0.717, 1.165) is 5.56 Å². The van der Waals surface area contributed by atoms with Gasteiger partial charge in [0.25, 0.3) is 5.56 Å². The van der Waals surface area contributed by atoms with E-state index in [0.29, 0.717) is 28.9 Å². The van der Waals surface area contributed by atoms with Crippen LogP contribution in [0.1, 0.15) is 11.4 Å². The van der Waals surface area contributed by atoms with Gasteiger partial charge in [-0.05, 0) is 17.7 Å². The standard InChI is InChI=1S/C16H14N2O2/c1-20-13-9-5-8-12-15(13)17-14(18-16(12)19)10-11-6-3-2-4-7-11/h2-9H,10H2,1H3,(H,17,18,19). The number of aromatic amines is 1. The first-order valence-electron chi connectivity index (χ1n) is 6.38. The van der Waals surface area contributed by atoms with Crippen molar-refractivity contribution in [1.82, 2.24) is 9.97 Å². The number of H-pyrrole nitrogens is 1. The van der Waals surface area contributed by atoms with Gasteiger partial charge < -0.3 is 9.72 Å². The molecular weight excluding hydrogens is 252 g/mol. The van der Waals surface area contributed by atoms with Crippen LogP contribution in [0.2, 0.25) is 0 Å². The van der Waals surface area contributed by atoms with E-state index in [1.54, 1.807) is 25.3 Å².